The molecule has 0 aromatic heterocycles. The Morgan fingerprint density at radius 1 is 1.44 bits per heavy atom. The Balaban J connectivity index is 2.90. The molecule has 0 amide bonds. The fourth-order valence-electron chi connectivity index (χ4n) is 1.31. The minimum Gasteiger partial charge on any atom is -0.480 e. The summed E-state index contributed by atoms with van der Waals surface area (Å²) >= 11 is 0. The maximum absolute atomic E-state index is 12.0. The summed E-state index contributed by atoms with van der Waals surface area (Å²) in [6.45, 7) is 2.13. The average Bonchev–Trinajstić information content (AvgIpc) is 2.25. The summed E-state index contributed by atoms with van der Waals surface area (Å²) in [5.41, 5.74) is 6.36. The molecule has 4 nitrogen and oxygen atoms in total. The van der Waals surface area contributed by atoms with Crippen LogP contribution >= 0.6 is 0 Å². The van der Waals surface area contributed by atoms with Crippen LogP contribution in [0.2, 0.25) is 0 Å². The van der Waals surface area contributed by atoms with Crippen LogP contribution in [0.4, 0.5) is 0 Å². The zero-order valence-corrected chi connectivity index (χ0v) is 9.87. The Hall–Kier alpha value is -1.20. The van der Waals surface area contributed by atoms with E-state index in [1.54, 1.807) is 12.1 Å². The summed E-state index contributed by atoms with van der Waals surface area (Å²) < 4.78 is 12.0. The molecule has 3 N–H and O–H groups in total. The van der Waals surface area contributed by atoms with Crippen LogP contribution in [0.3, 0.4) is 0 Å². The first kappa shape index (κ1) is 12.9. The van der Waals surface area contributed by atoms with E-state index in [2.05, 4.69) is 0 Å². The van der Waals surface area contributed by atoms with Gasteiger partial charge in [0.2, 0.25) is 0 Å². The standard InChI is InChI=1S/C11H15NO3S/c1-8-2-4-9(5-3-8)16(15)10(6-7-12)11(13)14/h2-5,10H,6-7,12H2,1H3,(H,13,14). The highest BCUT2D eigenvalue weighted by atomic mass is 32.2. The molecule has 0 aliphatic heterocycles. The van der Waals surface area contributed by atoms with Gasteiger partial charge in [-0.25, -0.2) is 0 Å². The largest absolute Gasteiger partial charge is 0.480 e. The minimum absolute atomic E-state index is 0.217. The van der Waals surface area contributed by atoms with Gasteiger partial charge in [-0.3, -0.25) is 9.00 Å². The predicted octanol–water partition coefficient (Wildman–Crippen LogP) is 0.905. The monoisotopic (exact) mass is 241 g/mol. The van der Waals surface area contributed by atoms with Gasteiger partial charge >= 0.3 is 5.97 Å². The van der Waals surface area contributed by atoms with Gasteiger partial charge in [-0.15, -0.1) is 0 Å². The molecule has 5 heteroatoms. The van der Waals surface area contributed by atoms with Gasteiger partial charge in [0, 0.05) is 4.90 Å². The number of carbonyl (C=O) groups is 1. The summed E-state index contributed by atoms with van der Waals surface area (Å²) in [4.78, 5) is 11.5. The lowest BCUT2D eigenvalue weighted by Gasteiger charge is -2.10. The van der Waals surface area contributed by atoms with E-state index in [-0.39, 0.29) is 13.0 Å². The molecule has 0 aliphatic carbocycles. The molecule has 1 rings (SSSR count). The fourth-order valence-corrected chi connectivity index (χ4v) is 2.58. The van der Waals surface area contributed by atoms with Gasteiger partial charge in [-0.1, -0.05) is 17.7 Å². The number of benzene rings is 1. The van der Waals surface area contributed by atoms with Crippen LogP contribution in [0.25, 0.3) is 0 Å². The molecule has 0 heterocycles. The van der Waals surface area contributed by atoms with E-state index in [4.69, 9.17) is 10.8 Å². The highest BCUT2D eigenvalue weighted by Crippen LogP contribution is 2.14. The molecule has 16 heavy (non-hydrogen) atoms. The quantitative estimate of drug-likeness (QED) is 0.802. The van der Waals surface area contributed by atoms with Crippen LogP contribution in [0.5, 0.6) is 0 Å². The van der Waals surface area contributed by atoms with E-state index in [1.165, 1.54) is 0 Å². The van der Waals surface area contributed by atoms with Crippen LogP contribution in [0.15, 0.2) is 29.2 Å². The summed E-state index contributed by atoms with van der Waals surface area (Å²) in [5, 5.41) is 8.02. The Morgan fingerprint density at radius 2 is 2.00 bits per heavy atom. The summed E-state index contributed by atoms with van der Waals surface area (Å²) in [7, 11) is -1.54. The number of rotatable bonds is 5. The van der Waals surface area contributed by atoms with Gasteiger partial charge < -0.3 is 10.8 Å². The van der Waals surface area contributed by atoms with Crippen LogP contribution < -0.4 is 5.73 Å². The van der Waals surface area contributed by atoms with Crippen LogP contribution in [0.1, 0.15) is 12.0 Å². The second kappa shape index (κ2) is 5.77. The molecule has 2 unspecified atom stereocenters. The molecule has 1 aromatic rings. The average molecular weight is 241 g/mol. The molecular weight excluding hydrogens is 226 g/mol. The first-order valence-electron chi connectivity index (χ1n) is 4.96. The summed E-state index contributed by atoms with van der Waals surface area (Å²) in [6, 6.07) is 7.01. The molecule has 0 fully saturated rings. The van der Waals surface area contributed by atoms with Crippen molar-refractivity contribution in [3.8, 4) is 0 Å². The molecule has 2 atom stereocenters. The van der Waals surface area contributed by atoms with Crippen molar-refractivity contribution >= 4 is 16.8 Å². The van der Waals surface area contributed by atoms with Crippen molar-refractivity contribution in [1.29, 1.82) is 0 Å². The topological polar surface area (TPSA) is 80.4 Å². The van der Waals surface area contributed by atoms with E-state index >= 15 is 0 Å². The number of carboxylic acids is 1. The van der Waals surface area contributed by atoms with Crippen LogP contribution in [0, 0.1) is 6.92 Å². The molecule has 0 radical (unpaired) electrons. The van der Waals surface area contributed by atoms with Crippen LogP contribution in [-0.4, -0.2) is 27.1 Å². The van der Waals surface area contributed by atoms with Gasteiger partial charge in [-0.2, -0.15) is 0 Å². The van der Waals surface area contributed by atoms with Gasteiger partial charge in [0.25, 0.3) is 0 Å². The molecule has 0 spiro atoms. The number of aryl methyl sites for hydroxylation is 1. The van der Waals surface area contributed by atoms with Crippen molar-refractivity contribution in [2.24, 2.45) is 5.73 Å². The summed E-state index contributed by atoms with van der Waals surface area (Å²) in [6.07, 6.45) is 0.218. The smallest absolute Gasteiger partial charge is 0.319 e. The molecule has 0 saturated heterocycles. The SMILES string of the molecule is Cc1ccc(S(=O)C(CCN)C(=O)O)cc1. The number of hydrogen-bond acceptors (Lipinski definition) is 3. The zero-order valence-electron chi connectivity index (χ0n) is 9.05. The van der Waals surface area contributed by atoms with Gasteiger partial charge in [0.1, 0.15) is 5.25 Å². The Bertz CT molecular complexity index is 389. The van der Waals surface area contributed by atoms with E-state index in [1.807, 2.05) is 19.1 Å². The molecular formula is C11H15NO3S. The third-order valence-corrected chi connectivity index (χ3v) is 3.91. The highest BCUT2D eigenvalue weighted by Gasteiger charge is 2.24. The zero-order chi connectivity index (χ0) is 12.1. The minimum atomic E-state index is -1.54. The maximum Gasteiger partial charge on any atom is 0.319 e. The first-order chi connectivity index (χ1) is 7.56. The normalized spacial score (nSPS) is 14.4. The van der Waals surface area contributed by atoms with Gasteiger partial charge in [0.05, 0.1) is 10.8 Å². The third-order valence-electron chi connectivity index (χ3n) is 2.22. The maximum atomic E-state index is 12.0. The van der Waals surface area contributed by atoms with Crippen molar-refractivity contribution in [3.05, 3.63) is 29.8 Å². The van der Waals surface area contributed by atoms with Crippen molar-refractivity contribution in [1.82, 2.24) is 0 Å². The first-order valence-corrected chi connectivity index (χ1v) is 6.17. The highest BCUT2D eigenvalue weighted by molar-refractivity contribution is 7.86. The van der Waals surface area contributed by atoms with E-state index in [0.29, 0.717) is 4.90 Å². The Morgan fingerprint density at radius 3 is 2.44 bits per heavy atom. The predicted molar refractivity (Wildman–Crippen MR) is 62.7 cm³/mol. The van der Waals surface area contributed by atoms with Crippen molar-refractivity contribution in [3.63, 3.8) is 0 Å². The second-order valence-corrected chi connectivity index (χ2v) is 5.15. The molecule has 0 saturated carbocycles. The Kier molecular flexibility index (Phi) is 4.64. The number of nitrogens with two attached hydrogens (primary N) is 1. The lowest BCUT2D eigenvalue weighted by atomic mass is 10.2. The second-order valence-electron chi connectivity index (χ2n) is 3.51. The van der Waals surface area contributed by atoms with Crippen molar-refractivity contribution < 1.29 is 14.1 Å². The van der Waals surface area contributed by atoms with Gasteiger partial charge in [0.15, 0.2) is 0 Å². The van der Waals surface area contributed by atoms with E-state index < -0.39 is 22.0 Å². The molecule has 0 bridgehead atoms. The van der Waals surface area contributed by atoms with Gasteiger partial charge in [-0.05, 0) is 32.0 Å². The molecule has 1 aromatic carbocycles. The lowest BCUT2D eigenvalue weighted by Crippen LogP contribution is -2.28. The van der Waals surface area contributed by atoms with Crippen LogP contribution in [-0.2, 0) is 15.6 Å². The lowest BCUT2D eigenvalue weighted by molar-refractivity contribution is -0.136. The third kappa shape index (κ3) is 3.15. The molecule has 0 aliphatic rings. The summed E-state index contributed by atoms with van der Waals surface area (Å²) in [5.74, 6) is -1.07. The number of carboxylic acid groups (broad SMARTS) is 1. The number of hydrogen-bond donors (Lipinski definition) is 2. The van der Waals surface area contributed by atoms with E-state index in [0.717, 1.165) is 5.56 Å². The molecule has 88 valence electrons. The van der Waals surface area contributed by atoms with Crippen molar-refractivity contribution in [2.45, 2.75) is 23.5 Å². The van der Waals surface area contributed by atoms with Crippen molar-refractivity contribution in [2.75, 3.05) is 6.54 Å². The van der Waals surface area contributed by atoms with E-state index in [9.17, 15) is 9.00 Å². The fraction of sp³-hybridized carbons (Fsp3) is 0.364. The Labute approximate surface area is 96.9 Å². The number of aliphatic carboxylic acids is 1.